The van der Waals surface area contributed by atoms with Gasteiger partial charge in [-0.3, -0.25) is 9.59 Å². The number of carbonyl (C=O) groups excluding carboxylic acids is 1. The Balaban J connectivity index is 2.41. The normalized spacial score (nSPS) is 15.8. The van der Waals surface area contributed by atoms with Crippen LogP contribution in [0.1, 0.15) is 40.9 Å². The van der Waals surface area contributed by atoms with E-state index in [1.165, 1.54) is 6.42 Å². The van der Waals surface area contributed by atoms with Crippen LogP contribution in [0, 0.1) is 13.8 Å². The fourth-order valence-electron chi connectivity index (χ4n) is 2.49. The number of amides is 1. The van der Waals surface area contributed by atoms with Gasteiger partial charge in [0.05, 0.1) is 0 Å². The maximum atomic E-state index is 12.4. The van der Waals surface area contributed by atoms with Crippen molar-refractivity contribution in [2.24, 2.45) is 7.05 Å². The van der Waals surface area contributed by atoms with E-state index in [0.717, 1.165) is 37.2 Å². The highest BCUT2D eigenvalue weighted by Crippen LogP contribution is 2.14. The number of hydrogen-bond acceptors (Lipinski definition) is 2. The monoisotopic (exact) mass is 248 g/mol. The number of pyridine rings is 1. The first kappa shape index (κ1) is 12.9. The second-order valence-electron chi connectivity index (χ2n) is 5.06. The minimum atomic E-state index is -0.178. The number of rotatable bonds is 1. The van der Waals surface area contributed by atoms with Crippen LogP contribution in [0.4, 0.5) is 0 Å². The molecule has 4 heteroatoms. The summed E-state index contributed by atoms with van der Waals surface area (Å²) in [5.41, 5.74) is 1.83. The molecule has 1 saturated heterocycles. The van der Waals surface area contributed by atoms with Gasteiger partial charge in [0, 0.05) is 25.8 Å². The zero-order valence-electron chi connectivity index (χ0n) is 11.3. The lowest BCUT2D eigenvalue weighted by Crippen LogP contribution is -2.40. The molecule has 4 nitrogen and oxygen atoms in total. The van der Waals surface area contributed by atoms with Gasteiger partial charge in [0.25, 0.3) is 11.5 Å². The molecule has 0 N–H and O–H groups in total. The van der Waals surface area contributed by atoms with Crippen LogP contribution in [0.3, 0.4) is 0 Å². The second-order valence-corrected chi connectivity index (χ2v) is 5.06. The molecule has 0 aromatic carbocycles. The fourth-order valence-corrected chi connectivity index (χ4v) is 2.49. The molecular formula is C14H20N2O2. The minimum absolute atomic E-state index is 0.104. The van der Waals surface area contributed by atoms with Crippen LogP contribution < -0.4 is 5.56 Å². The first-order valence-corrected chi connectivity index (χ1v) is 6.49. The zero-order chi connectivity index (χ0) is 13.3. The average molecular weight is 248 g/mol. The summed E-state index contributed by atoms with van der Waals surface area (Å²) in [5, 5.41) is 0. The number of carbonyl (C=O) groups is 1. The van der Waals surface area contributed by atoms with Crippen LogP contribution in [0.2, 0.25) is 0 Å². The lowest BCUT2D eigenvalue weighted by Gasteiger charge is -2.27. The van der Waals surface area contributed by atoms with E-state index in [2.05, 4.69) is 0 Å². The van der Waals surface area contributed by atoms with Gasteiger partial charge in [-0.25, -0.2) is 0 Å². The van der Waals surface area contributed by atoms with E-state index < -0.39 is 0 Å². The van der Waals surface area contributed by atoms with Gasteiger partial charge >= 0.3 is 0 Å². The van der Waals surface area contributed by atoms with Gasteiger partial charge in [-0.15, -0.1) is 0 Å². The molecule has 0 saturated carbocycles. The summed E-state index contributed by atoms with van der Waals surface area (Å²) >= 11 is 0. The molecule has 1 aliphatic rings. The van der Waals surface area contributed by atoms with Crippen LogP contribution in [0.25, 0.3) is 0 Å². The highest BCUT2D eigenvalue weighted by atomic mass is 16.2. The van der Waals surface area contributed by atoms with Gasteiger partial charge in [0.1, 0.15) is 5.56 Å². The van der Waals surface area contributed by atoms with Gasteiger partial charge in [-0.1, -0.05) is 0 Å². The quantitative estimate of drug-likeness (QED) is 0.758. The van der Waals surface area contributed by atoms with Crippen molar-refractivity contribution in [1.29, 1.82) is 0 Å². The molecule has 98 valence electrons. The zero-order valence-corrected chi connectivity index (χ0v) is 11.3. The van der Waals surface area contributed by atoms with Crippen LogP contribution in [-0.2, 0) is 7.05 Å². The summed E-state index contributed by atoms with van der Waals surface area (Å²) in [6.45, 7) is 5.26. The summed E-state index contributed by atoms with van der Waals surface area (Å²) < 4.78 is 1.55. The highest BCUT2D eigenvalue weighted by Gasteiger charge is 2.23. The van der Waals surface area contributed by atoms with Gasteiger partial charge in [0.2, 0.25) is 0 Å². The van der Waals surface area contributed by atoms with Crippen molar-refractivity contribution in [3.05, 3.63) is 33.2 Å². The Labute approximate surface area is 107 Å². The summed E-state index contributed by atoms with van der Waals surface area (Å²) in [7, 11) is 1.71. The number of aromatic nitrogens is 1. The second kappa shape index (κ2) is 4.96. The smallest absolute Gasteiger partial charge is 0.263 e. The molecule has 0 atom stereocenters. The number of hydrogen-bond donors (Lipinski definition) is 0. The molecule has 1 amide bonds. The topological polar surface area (TPSA) is 42.3 Å². The van der Waals surface area contributed by atoms with Crippen LogP contribution in [-0.4, -0.2) is 28.5 Å². The highest BCUT2D eigenvalue weighted by molar-refractivity contribution is 5.95. The van der Waals surface area contributed by atoms with Crippen molar-refractivity contribution in [3.8, 4) is 0 Å². The molecule has 0 unspecified atom stereocenters. The van der Waals surface area contributed by atoms with Crippen molar-refractivity contribution < 1.29 is 4.79 Å². The van der Waals surface area contributed by atoms with E-state index in [4.69, 9.17) is 0 Å². The van der Waals surface area contributed by atoms with E-state index in [0.29, 0.717) is 5.56 Å². The largest absolute Gasteiger partial charge is 0.338 e. The number of aryl methyl sites for hydroxylation is 2. The lowest BCUT2D eigenvalue weighted by molar-refractivity contribution is 0.0721. The van der Waals surface area contributed by atoms with Crippen LogP contribution in [0.5, 0.6) is 0 Å². The maximum absolute atomic E-state index is 12.4. The first-order chi connectivity index (χ1) is 8.52. The van der Waals surface area contributed by atoms with Crippen LogP contribution in [0.15, 0.2) is 10.9 Å². The summed E-state index contributed by atoms with van der Waals surface area (Å²) in [6.07, 6.45) is 3.25. The van der Waals surface area contributed by atoms with Crippen molar-refractivity contribution in [2.45, 2.75) is 33.1 Å². The van der Waals surface area contributed by atoms with E-state index >= 15 is 0 Å². The third-order valence-electron chi connectivity index (χ3n) is 3.72. The molecule has 2 heterocycles. The molecule has 1 fully saturated rings. The Hall–Kier alpha value is -1.58. The standard InChI is InChI=1S/C14H20N2O2/c1-10-9-11(2)15(3)13(17)12(10)14(18)16-7-5-4-6-8-16/h9H,4-8H2,1-3H3. The maximum Gasteiger partial charge on any atom is 0.263 e. The van der Waals surface area contributed by atoms with Gasteiger partial charge in [0.15, 0.2) is 0 Å². The van der Waals surface area contributed by atoms with Crippen molar-refractivity contribution >= 4 is 5.91 Å². The Morgan fingerprint density at radius 3 is 2.39 bits per heavy atom. The number of likely N-dealkylation sites (tertiary alicyclic amines) is 1. The number of nitrogens with zero attached hydrogens (tertiary/aromatic N) is 2. The van der Waals surface area contributed by atoms with E-state index in [1.807, 2.05) is 24.8 Å². The summed E-state index contributed by atoms with van der Waals surface area (Å²) in [4.78, 5) is 26.4. The Morgan fingerprint density at radius 2 is 1.78 bits per heavy atom. The molecule has 0 aliphatic carbocycles. The van der Waals surface area contributed by atoms with Crippen molar-refractivity contribution in [2.75, 3.05) is 13.1 Å². The Morgan fingerprint density at radius 1 is 1.17 bits per heavy atom. The molecule has 1 aliphatic heterocycles. The van der Waals surface area contributed by atoms with E-state index in [-0.39, 0.29) is 11.5 Å². The van der Waals surface area contributed by atoms with Crippen molar-refractivity contribution in [1.82, 2.24) is 9.47 Å². The van der Waals surface area contributed by atoms with E-state index in [1.54, 1.807) is 11.6 Å². The van der Waals surface area contributed by atoms with Crippen LogP contribution >= 0.6 is 0 Å². The molecule has 0 bridgehead atoms. The van der Waals surface area contributed by atoms with Gasteiger partial charge in [-0.05, 0) is 44.7 Å². The molecule has 0 radical (unpaired) electrons. The molecular weight excluding hydrogens is 228 g/mol. The molecule has 0 spiro atoms. The SMILES string of the molecule is Cc1cc(C)n(C)c(=O)c1C(=O)N1CCCCC1. The van der Waals surface area contributed by atoms with Gasteiger partial charge in [-0.2, -0.15) is 0 Å². The fraction of sp³-hybridized carbons (Fsp3) is 0.571. The molecule has 2 rings (SSSR count). The Kier molecular flexibility index (Phi) is 3.55. The predicted molar refractivity (Wildman–Crippen MR) is 70.9 cm³/mol. The molecule has 18 heavy (non-hydrogen) atoms. The predicted octanol–water partition coefficient (Wildman–Crippen LogP) is 1.63. The lowest BCUT2D eigenvalue weighted by atomic mass is 10.1. The summed E-state index contributed by atoms with van der Waals surface area (Å²) in [5.74, 6) is -0.104. The third-order valence-corrected chi connectivity index (χ3v) is 3.72. The molecule has 1 aromatic rings. The summed E-state index contributed by atoms with van der Waals surface area (Å²) in [6, 6.07) is 1.90. The average Bonchev–Trinajstić information content (AvgIpc) is 2.37. The molecule has 1 aromatic heterocycles. The Bertz CT molecular complexity index is 525. The first-order valence-electron chi connectivity index (χ1n) is 6.49. The van der Waals surface area contributed by atoms with Crippen molar-refractivity contribution in [3.63, 3.8) is 0 Å². The number of piperidine rings is 1. The third kappa shape index (κ3) is 2.19. The minimum Gasteiger partial charge on any atom is -0.338 e. The van der Waals surface area contributed by atoms with E-state index in [9.17, 15) is 9.59 Å². The van der Waals surface area contributed by atoms with Gasteiger partial charge < -0.3 is 9.47 Å².